The van der Waals surface area contributed by atoms with Gasteiger partial charge in [0.15, 0.2) is 0 Å². The Bertz CT molecular complexity index is 493. The summed E-state index contributed by atoms with van der Waals surface area (Å²) in [4.78, 5) is 8.72. The second kappa shape index (κ2) is 6.07. The fraction of sp³-hybridized carbons (Fsp3) is 0.286. The van der Waals surface area contributed by atoms with Gasteiger partial charge in [0.25, 0.3) is 0 Å². The van der Waals surface area contributed by atoms with E-state index in [1.807, 2.05) is 20.2 Å². The Morgan fingerprint density at radius 3 is 2.44 bits per heavy atom. The van der Waals surface area contributed by atoms with Crippen molar-refractivity contribution in [2.75, 3.05) is 7.05 Å². The van der Waals surface area contributed by atoms with Crippen LogP contribution in [0.25, 0.3) is 0 Å². The first-order valence-corrected chi connectivity index (χ1v) is 6.68. The van der Waals surface area contributed by atoms with E-state index in [9.17, 15) is 0 Å². The van der Waals surface area contributed by atoms with Gasteiger partial charge in [0, 0.05) is 10.7 Å². The number of halogens is 1. The van der Waals surface area contributed by atoms with Crippen molar-refractivity contribution in [2.45, 2.75) is 19.4 Å². The van der Waals surface area contributed by atoms with E-state index in [0.29, 0.717) is 0 Å². The van der Waals surface area contributed by atoms with E-state index in [1.54, 1.807) is 6.20 Å². The van der Waals surface area contributed by atoms with Crippen LogP contribution < -0.4 is 5.32 Å². The van der Waals surface area contributed by atoms with E-state index in [0.717, 1.165) is 22.3 Å². The summed E-state index contributed by atoms with van der Waals surface area (Å²) in [7, 11) is 1.95. The molecule has 0 spiro atoms. The first-order chi connectivity index (χ1) is 8.69. The molecule has 18 heavy (non-hydrogen) atoms. The van der Waals surface area contributed by atoms with Crippen molar-refractivity contribution in [2.24, 2.45) is 0 Å². The summed E-state index contributed by atoms with van der Waals surface area (Å²) in [6.07, 6.45) is 4.55. The Hall–Kier alpha value is -1.26. The molecule has 3 nitrogen and oxygen atoms in total. The lowest BCUT2D eigenvalue weighted by Gasteiger charge is -2.15. The van der Waals surface area contributed by atoms with Gasteiger partial charge in [-0.2, -0.15) is 0 Å². The quantitative estimate of drug-likeness (QED) is 0.943. The minimum Gasteiger partial charge on any atom is -0.311 e. The number of likely N-dealkylation sites (N-methyl/N-ethyl adjacent to an activating group) is 1. The van der Waals surface area contributed by atoms with Crippen LogP contribution in [-0.2, 0) is 6.42 Å². The molecule has 1 atom stereocenters. The number of rotatable bonds is 4. The highest BCUT2D eigenvalue weighted by Crippen LogP contribution is 2.17. The van der Waals surface area contributed by atoms with Gasteiger partial charge in [-0.15, -0.1) is 0 Å². The highest BCUT2D eigenvalue weighted by atomic mass is 79.9. The molecule has 94 valence electrons. The lowest BCUT2D eigenvalue weighted by atomic mass is 10.0. The van der Waals surface area contributed by atoms with Gasteiger partial charge in [-0.3, -0.25) is 9.97 Å². The largest absolute Gasteiger partial charge is 0.311 e. The third-order valence-corrected chi connectivity index (χ3v) is 3.39. The summed E-state index contributed by atoms with van der Waals surface area (Å²) >= 11 is 3.44. The number of nitrogens with zero attached hydrogens (tertiary/aromatic N) is 2. The number of nitrogens with one attached hydrogen (secondary N) is 1. The van der Waals surface area contributed by atoms with Crippen LogP contribution in [-0.4, -0.2) is 17.0 Å². The maximum Gasteiger partial charge on any atom is 0.0759 e. The van der Waals surface area contributed by atoms with E-state index in [-0.39, 0.29) is 6.04 Å². The van der Waals surface area contributed by atoms with Crippen molar-refractivity contribution in [1.29, 1.82) is 0 Å². The number of benzene rings is 1. The van der Waals surface area contributed by atoms with Gasteiger partial charge < -0.3 is 5.32 Å². The van der Waals surface area contributed by atoms with Crippen molar-refractivity contribution in [1.82, 2.24) is 15.3 Å². The summed E-state index contributed by atoms with van der Waals surface area (Å²) in [6, 6.07) is 8.55. The van der Waals surface area contributed by atoms with Crippen LogP contribution in [0.3, 0.4) is 0 Å². The highest BCUT2D eigenvalue weighted by Gasteiger charge is 2.11. The van der Waals surface area contributed by atoms with Crippen LogP contribution in [0, 0.1) is 6.92 Å². The number of hydrogen-bond donors (Lipinski definition) is 1. The minimum absolute atomic E-state index is 0.194. The molecule has 1 heterocycles. The predicted octanol–water partition coefficient (Wildman–Crippen LogP) is 3.05. The van der Waals surface area contributed by atoms with Gasteiger partial charge in [0.1, 0.15) is 0 Å². The van der Waals surface area contributed by atoms with Gasteiger partial charge in [0.2, 0.25) is 0 Å². The van der Waals surface area contributed by atoms with Crippen LogP contribution in [0.5, 0.6) is 0 Å². The van der Waals surface area contributed by atoms with Gasteiger partial charge >= 0.3 is 0 Å². The van der Waals surface area contributed by atoms with Gasteiger partial charge in [-0.05, 0) is 38.1 Å². The average molecular weight is 306 g/mol. The summed E-state index contributed by atoms with van der Waals surface area (Å²) in [5, 5.41) is 3.29. The van der Waals surface area contributed by atoms with Crippen molar-refractivity contribution in [3.63, 3.8) is 0 Å². The summed E-state index contributed by atoms with van der Waals surface area (Å²) < 4.78 is 1.10. The van der Waals surface area contributed by atoms with E-state index >= 15 is 0 Å². The molecule has 1 aromatic heterocycles. The van der Waals surface area contributed by atoms with Crippen LogP contribution in [0.2, 0.25) is 0 Å². The maximum absolute atomic E-state index is 4.43. The standard InChI is InChI=1S/C14H16BrN3/c1-10-8-18-14(9-17-10)13(16-2)7-11-3-5-12(15)6-4-11/h3-6,8-9,13,16H,7H2,1-2H3. The Balaban J connectivity index is 2.14. The molecular weight excluding hydrogens is 290 g/mol. The molecule has 0 fully saturated rings. The van der Waals surface area contributed by atoms with Crippen molar-refractivity contribution in [3.8, 4) is 0 Å². The lowest BCUT2D eigenvalue weighted by molar-refractivity contribution is 0.572. The lowest BCUT2D eigenvalue weighted by Crippen LogP contribution is -2.20. The number of hydrogen-bond acceptors (Lipinski definition) is 3. The van der Waals surface area contributed by atoms with E-state index < -0.39 is 0 Å². The van der Waals surface area contributed by atoms with Crippen LogP contribution in [0.15, 0.2) is 41.1 Å². The van der Waals surface area contributed by atoms with Crippen LogP contribution in [0.1, 0.15) is 23.0 Å². The monoisotopic (exact) mass is 305 g/mol. The molecule has 2 aromatic rings. The molecule has 0 aliphatic heterocycles. The zero-order valence-electron chi connectivity index (χ0n) is 10.5. The zero-order chi connectivity index (χ0) is 13.0. The molecule has 0 saturated heterocycles. The highest BCUT2D eigenvalue weighted by molar-refractivity contribution is 9.10. The molecule has 1 N–H and O–H groups in total. The third kappa shape index (κ3) is 3.37. The second-order valence-corrected chi connectivity index (χ2v) is 5.17. The summed E-state index contributed by atoms with van der Waals surface area (Å²) in [5.74, 6) is 0. The molecule has 0 bridgehead atoms. The Morgan fingerprint density at radius 2 is 1.89 bits per heavy atom. The molecule has 2 rings (SSSR count). The first kappa shape index (κ1) is 13.2. The predicted molar refractivity (Wildman–Crippen MR) is 76.4 cm³/mol. The molecule has 1 aromatic carbocycles. The fourth-order valence-corrected chi connectivity index (χ4v) is 2.06. The number of aromatic nitrogens is 2. The van der Waals surface area contributed by atoms with Crippen molar-refractivity contribution in [3.05, 3.63) is 58.1 Å². The SMILES string of the molecule is CNC(Cc1ccc(Br)cc1)c1cnc(C)cn1. The summed E-state index contributed by atoms with van der Waals surface area (Å²) in [5.41, 5.74) is 3.20. The molecule has 0 radical (unpaired) electrons. The van der Waals surface area contributed by atoms with Gasteiger partial charge in [-0.1, -0.05) is 28.1 Å². The first-order valence-electron chi connectivity index (χ1n) is 5.89. The zero-order valence-corrected chi connectivity index (χ0v) is 12.1. The molecule has 1 unspecified atom stereocenters. The van der Waals surface area contributed by atoms with Crippen molar-refractivity contribution < 1.29 is 0 Å². The van der Waals surface area contributed by atoms with E-state index in [2.05, 4.69) is 55.5 Å². The summed E-state index contributed by atoms with van der Waals surface area (Å²) in [6.45, 7) is 1.94. The van der Waals surface area contributed by atoms with E-state index in [4.69, 9.17) is 0 Å². The fourth-order valence-electron chi connectivity index (χ4n) is 1.79. The number of aryl methyl sites for hydroxylation is 1. The Kier molecular flexibility index (Phi) is 4.44. The third-order valence-electron chi connectivity index (χ3n) is 2.86. The van der Waals surface area contributed by atoms with Crippen LogP contribution in [0.4, 0.5) is 0 Å². The van der Waals surface area contributed by atoms with Crippen molar-refractivity contribution >= 4 is 15.9 Å². The average Bonchev–Trinajstić information content (AvgIpc) is 2.39. The van der Waals surface area contributed by atoms with E-state index in [1.165, 1.54) is 5.56 Å². The molecule has 0 saturated carbocycles. The normalized spacial score (nSPS) is 12.4. The Labute approximate surface area is 116 Å². The minimum atomic E-state index is 0.194. The molecule has 0 aliphatic rings. The molecule has 4 heteroatoms. The van der Waals surface area contributed by atoms with Gasteiger partial charge in [0.05, 0.1) is 23.6 Å². The molecule has 0 amide bonds. The van der Waals surface area contributed by atoms with Gasteiger partial charge in [-0.25, -0.2) is 0 Å². The van der Waals surface area contributed by atoms with Crippen LogP contribution >= 0.6 is 15.9 Å². The maximum atomic E-state index is 4.43. The Morgan fingerprint density at radius 1 is 1.17 bits per heavy atom. The smallest absolute Gasteiger partial charge is 0.0759 e. The second-order valence-electron chi connectivity index (χ2n) is 4.25. The molecule has 0 aliphatic carbocycles. The topological polar surface area (TPSA) is 37.8 Å². The molecular formula is C14H16BrN3.